The molecule has 0 atom stereocenters. The zero-order valence-corrected chi connectivity index (χ0v) is 14.3. The van der Waals surface area contributed by atoms with Crippen molar-refractivity contribution in [3.63, 3.8) is 0 Å². The van der Waals surface area contributed by atoms with E-state index in [4.69, 9.17) is 13.9 Å². The molecule has 0 radical (unpaired) electrons. The summed E-state index contributed by atoms with van der Waals surface area (Å²) in [5.41, 5.74) is 1.42. The third kappa shape index (κ3) is 3.45. The van der Waals surface area contributed by atoms with Crippen LogP contribution in [0.4, 0.5) is 4.39 Å². The van der Waals surface area contributed by atoms with Crippen LogP contribution in [0.2, 0.25) is 0 Å². The Morgan fingerprint density at radius 3 is 2.50 bits per heavy atom. The third-order valence-corrected chi connectivity index (χ3v) is 3.87. The van der Waals surface area contributed by atoms with Gasteiger partial charge in [0.25, 0.3) is 0 Å². The lowest BCUT2D eigenvalue weighted by Gasteiger charge is -2.08. The van der Waals surface area contributed by atoms with Crippen molar-refractivity contribution in [1.29, 1.82) is 5.26 Å². The van der Waals surface area contributed by atoms with Crippen molar-refractivity contribution in [2.75, 3.05) is 14.2 Å². The summed E-state index contributed by atoms with van der Waals surface area (Å²) in [6.45, 7) is 0. The summed E-state index contributed by atoms with van der Waals surface area (Å²) in [5, 5.41) is 9.51. The molecule has 0 aliphatic carbocycles. The van der Waals surface area contributed by atoms with Gasteiger partial charge in [-0.05, 0) is 54.1 Å². The Hall–Kier alpha value is -3.52. The fourth-order valence-electron chi connectivity index (χ4n) is 2.56. The van der Waals surface area contributed by atoms with Gasteiger partial charge in [-0.25, -0.2) is 4.39 Å². The molecule has 0 spiro atoms. The summed E-state index contributed by atoms with van der Waals surface area (Å²) in [4.78, 5) is 0. The fraction of sp³-hybridized carbons (Fsp3) is 0.0952. The molecule has 3 aromatic rings. The summed E-state index contributed by atoms with van der Waals surface area (Å²) in [6, 6.07) is 17.1. The van der Waals surface area contributed by atoms with Gasteiger partial charge in [0.15, 0.2) is 11.5 Å². The van der Waals surface area contributed by atoms with Crippen molar-refractivity contribution >= 4 is 11.6 Å². The number of furan rings is 1. The van der Waals surface area contributed by atoms with Crippen molar-refractivity contribution in [3.05, 3.63) is 71.7 Å². The van der Waals surface area contributed by atoms with E-state index in [0.29, 0.717) is 39.7 Å². The Kier molecular flexibility index (Phi) is 5.04. The molecule has 130 valence electrons. The Balaban J connectivity index is 1.96. The van der Waals surface area contributed by atoms with E-state index in [0.717, 1.165) is 0 Å². The Morgan fingerprint density at radius 1 is 1.04 bits per heavy atom. The largest absolute Gasteiger partial charge is 0.493 e. The van der Waals surface area contributed by atoms with E-state index in [1.165, 1.54) is 13.2 Å². The molecular formula is C21H16FNO3. The van der Waals surface area contributed by atoms with Gasteiger partial charge in [-0.2, -0.15) is 5.26 Å². The van der Waals surface area contributed by atoms with E-state index in [2.05, 4.69) is 6.07 Å². The van der Waals surface area contributed by atoms with Crippen LogP contribution in [0.3, 0.4) is 0 Å². The van der Waals surface area contributed by atoms with Crippen molar-refractivity contribution < 1.29 is 18.3 Å². The van der Waals surface area contributed by atoms with Gasteiger partial charge in [0.2, 0.25) is 0 Å². The van der Waals surface area contributed by atoms with Gasteiger partial charge in [-0.1, -0.05) is 12.1 Å². The van der Waals surface area contributed by atoms with Crippen molar-refractivity contribution in [3.8, 4) is 28.9 Å². The lowest BCUT2D eigenvalue weighted by Crippen LogP contribution is -1.92. The zero-order valence-electron chi connectivity index (χ0n) is 14.3. The van der Waals surface area contributed by atoms with Gasteiger partial charge in [-0.15, -0.1) is 0 Å². The Bertz CT molecular complexity index is 998. The van der Waals surface area contributed by atoms with Gasteiger partial charge in [0, 0.05) is 0 Å². The lowest BCUT2D eigenvalue weighted by molar-refractivity contribution is 0.355. The number of ether oxygens (including phenoxy) is 2. The minimum absolute atomic E-state index is 0.363. The monoisotopic (exact) mass is 349 g/mol. The summed E-state index contributed by atoms with van der Waals surface area (Å²) < 4.78 is 30.0. The van der Waals surface area contributed by atoms with Gasteiger partial charge >= 0.3 is 0 Å². The van der Waals surface area contributed by atoms with Crippen LogP contribution >= 0.6 is 0 Å². The first kappa shape index (κ1) is 17.3. The van der Waals surface area contributed by atoms with Crippen LogP contribution in [0.5, 0.6) is 11.5 Å². The van der Waals surface area contributed by atoms with E-state index >= 15 is 0 Å². The number of nitrogens with zero attached hydrogens (tertiary/aromatic N) is 1. The normalized spacial score (nSPS) is 11.1. The number of allylic oxidation sites excluding steroid dienone is 1. The predicted molar refractivity (Wildman–Crippen MR) is 97.1 cm³/mol. The molecule has 4 nitrogen and oxygen atoms in total. The number of methoxy groups -OCH3 is 2. The zero-order chi connectivity index (χ0) is 18.5. The van der Waals surface area contributed by atoms with Crippen LogP contribution < -0.4 is 9.47 Å². The van der Waals surface area contributed by atoms with E-state index in [-0.39, 0.29) is 5.82 Å². The molecule has 26 heavy (non-hydrogen) atoms. The molecule has 0 N–H and O–H groups in total. The number of halogens is 1. The second kappa shape index (κ2) is 7.58. The van der Waals surface area contributed by atoms with E-state index in [9.17, 15) is 9.65 Å². The topological polar surface area (TPSA) is 55.4 Å². The van der Waals surface area contributed by atoms with Crippen LogP contribution in [0.1, 0.15) is 11.3 Å². The summed E-state index contributed by atoms with van der Waals surface area (Å²) in [7, 11) is 3.08. The number of rotatable bonds is 5. The molecular weight excluding hydrogens is 333 g/mol. The predicted octanol–water partition coefficient (Wildman–Crippen LogP) is 5.17. The molecule has 0 aliphatic heterocycles. The second-order valence-corrected chi connectivity index (χ2v) is 5.42. The third-order valence-electron chi connectivity index (χ3n) is 3.87. The van der Waals surface area contributed by atoms with Gasteiger partial charge in [0.05, 0.1) is 31.4 Å². The molecule has 1 heterocycles. The molecule has 5 heteroatoms. The highest BCUT2D eigenvalue weighted by Gasteiger charge is 2.11. The summed E-state index contributed by atoms with van der Waals surface area (Å²) in [6.07, 6.45) is 1.60. The maximum Gasteiger partial charge on any atom is 0.161 e. The summed E-state index contributed by atoms with van der Waals surface area (Å²) in [5.74, 6) is 1.59. The molecule has 0 amide bonds. The standard InChI is InChI=1S/C21H16FNO3/c1-24-20-9-7-14(12-21(20)25-2)15(13-23)11-16-8-10-19(26-16)17-5-3-4-6-18(17)22/h3-12H,1-2H3/b15-11+. The minimum Gasteiger partial charge on any atom is -0.493 e. The highest BCUT2D eigenvalue weighted by molar-refractivity contribution is 5.89. The SMILES string of the molecule is COc1ccc(/C(C#N)=C/c2ccc(-c3ccccc3F)o2)cc1OC. The smallest absolute Gasteiger partial charge is 0.161 e. The molecule has 1 aromatic heterocycles. The maximum absolute atomic E-state index is 13.9. The van der Waals surface area contributed by atoms with Crippen LogP contribution in [0, 0.1) is 17.1 Å². The van der Waals surface area contributed by atoms with E-state index < -0.39 is 0 Å². The van der Waals surface area contributed by atoms with Crippen molar-refractivity contribution in [2.24, 2.45) is 0 Å². The average Bonchev–Trinajstić information content (AvgIpc) is 3.14. The molecule has 0 saturated heterocycles. The molecule has 0 bridgehead atoms. The minimum atomic E-state index is -0.363. The van der Waals surface area contributed by atoms with Crippen LogP contribution in [-0.2, 0) is 0 Å². The molecule has 0 aliphatic rings. The second-order valence-electron chi connectivity index (χ2n) is 5.42. The van der Waals surface area contributed by atoms with Crippen LogP contribution in [0.15, 0.2) is 59.0 Å². The first-order valence-corrected chi connectivity index (χ1v) is 7.85. The van der Waals surface area contributed by atoms with Crippen molar-refractivity contribution in [1.82, 2.24) is 0 Å². The lowest BCUT2D eigenvalue weighted by atomic mass is 10.1. The first-order chi connectivity index (χ1) is 12.7. The number of benzene rings is 2. The first-order valence-electron chi connectivity index (χ1n) is 7.85. The molecule has 0 unspecified atom stereocenters. The molecule has 0 saturated carbocycles. The quantitative estimate of drug-likeness (QED) is 0.597. The number of hydrogen-bond donors (Lipinski definition) is 0. The maximum atomic E-state index is 13.9. The molecule has 0 fully saturated rings. The van der Waals surface area contributed by atoms with Crippen LogP contribution in [-0.4, -0.2) is 14.2 Å². The number of nitriles is 1. The number of hydrogen-bond acceptors (Lipinski definition) is 4. The highest BCUT2D eigenvalue weighted by atomic mass is 19.1. The Labute approximate surface area is 150 Å². The molecule has 2 aromatic carbocycles. The van der Waals surface area contributed by atoms with Gasteiger partial charge in [0.1, 0.15) is 17.3 Å². The highest BCUT2D eigenvalue weighted by Crippen LogP contribution is 2.32. The Morgan fingerprint density at radius 2 is 1.81 bits per heavy atom. The van der Waals surface area contributed by atoms with E-state index in [1.807, 2.05) is 0 Å². The van der Waals surface area contributed by atoms with E-state index in [1.54, 1.807) is 61.7 Å². The van der Waals surface area contributed by atoms with Crippen molar-refractivity contribution in [2.45, 2.75) is 0 Å². The van der Waals surface area contributed by atoms with Gasteiger partial charge < -0.3 is 13.9 Å². The molecule has 3 rings (SSSR count). The van der Waals surface area contributed by atoms with Crippen LogP contribution in [0.25, 0.3) is 23.0 Å². The average molecular weight is 349 g/mol. The summed E-state index contributed by atoms with van der Waals surface area (Å²) >= 11 is 0. The van der Waals surface area contributed by atoms with Gasteiger partial charge in [-0.3, -0.25) is 0 Å². The fourth-order valence-corrected chi connectivity index (χ4v) is 2.56.